The lowest BCUT2D eigenvalue weighted by Gasteiger charge is -2.12. The maximum absolute atomic E-state index is 12.4. The minimum atomic E-state index is -3.04. The van der Waals surface area contributed by atoms with E-state index in [9.17, 15) is 18.4 Å². The zero-order chi connectivity index (χ0) is 19.8. The first-order chi connectivity index (χ1) is 12.9. The van der Waals surface area contributed by atoms with E-state index < -0.39 is 25.1 Å². The van der Waals surface area contributed by atoms with E-state index in [0.717, 1.165) is 0 Å². The number of rotatable bonds is 8. The molecule has 27 heavy (non-hydrogen) atoms. The van der Waals surface area contributed by atoms with E-state index in [1.165, 1.54) is 56.7 Å². The molecule has 9 heteroatoms. The first kappa shape index (κ1) is 20.0. The van der Waals surface area contributed by atoms with Crippen molar-refractivity contribution in [3.05, 3.63) is 48.0 Å². The Kier molecular flexibility index (Phi) is 6.93. The van der Waals surface area contributed by atoms with Crippen LogP contribution in [0.1, 0.15) is 10.4 Å². The number of esters is 1. The smallest absolute Gasteiger partial charge is 0.387 e. The van der Waals surface area contributed by atoms with Crippen molar-refractivity contribution in [2.24, 2.45) is 0 Å². The van der Waals surface area contributed by atoms with Crippen LogP contribution in [-0.2, 0) is 9.53 Å². The highest BCUT2D eigenvalue weighted by Crippen LogP contribution is 2.26. The predicted octanol–water partition coefficient (Wildman–Crippen LogP) is 3.10. The molecule has 0 aliphatic heterocycles. The molecule has 0 fully saturated rings. The van der Waals surface area contributed by atoms with Gasteiger partial charge >= 0.3 is 12.6 Å². The van der Waals surface area contributed by atoms with E-state index >= 15 is 0 Å². The lowest BCUT2D eigenvalue weighted by molar-refractivity contribution is -0.119. The standard InChI is InChI=1S/C18H17F2NO6/c1-24-11-7-8-12(15(9-11)25-2)17(23)26-10-16(22)21-13-5-3-4-6-14(13)27-18(19)20/h3-9,18H,10H2,1-2H3,(H,21,22). The number of ether oxygens (including phenoxy) is 4. The number of amides is 1. The molecule has 1 amide bonds. The van der Waals surface area contributed by atoms with E-state index in [2.05, 4.69) is 10.1 Å². The summed E-state index contributed by atoms with van der Waals surface area (Å²) in [4.78, 5) is 24.1. The molecule has 0 heterocycles. The molecule has 0 bridgehead atoms. The summed E-state index contributed by atoms with van der Waals surface area (Å²) >= 11 is 0. The summed E-state index contributed by atoms with van der Waals surface area (Å²) in [6, 6.07) is 10.1. The van der Waals surface area contributed by atoms with Crippen LogP contribution in [0.3, 0.4) is 0 Å². The Hall–Kier alpha value is -3.36. The average molecular weight is 381 g/mol. The maximum Gasteiger partial charge on any atom is 0.387 e. The number of para-hydroxylation sites is 2. The van der Waals surface area contributed by atoms with Crippen LogP contribution in [0.2, 0.25) is 0 Å². The second-order valence-electron chi connectivity index (χ2n) is 5.07. The second kappa shape index (κ2) is 9.37. The summed E-state index contributed by atoms with van der Waals surface area (Å²) in [6.07, 6.45) is 0. The molecular formula is C18H17F2NO6. The van der Waals surface area contributed by atoms with E-state index in [1.807, 2.05) is 0 Å². The molecule has 144 valence electrons. The molecule has 0 radical (unpaired) electrons. The van der Waals surface area contributed by atoms with Gasteiger partial charge in [-0.25, -0.2) is 4.79 Å². The molecule has 0 saturated carbocycles. The molecule has 0 spiro atoms. The monoisotopic (exact) mass is 381 g/mol. The molecule has 0 aromatic heterocycles. The zero-order valence-electron chi connectivity index (χ0n) is 14.5. The fourth-order valence-electron chi connectivity index (χ4n) is 2.13. The number of methoxy groups -OCH3 is 2. The summed E-state index contributed by atoms with van der Waals surface area (Å²) in [5, 5.41) is 2.34. The van der Waals surface area contributed by atoms with E-state index in [0.29, 0.717) is 5.75 Å². The highest BCUT2D eigenvalue weighted by atomic mass is 19.3. The van der Waals surface area contributed by atoms with Gasteiger partial charge in [0.1, 0.15) is 22.8 Å². The number of alkyl halides is 2. The van der Waals surface area contributed by atoms with Crippen LogP contribution in [-0.4, -0.2) is 39.3 Å². The highest BCUT2D eigenvalue weighted by molar-refractivity contribution is 5.97. The maximum atomic E-state index is 12.4. The van der Waals surface area contributed by atoms with Crippen LogP contribution in [0, 0.1) is 0 Å². The Morgan fingerprint density at radius 1 is 1.04 bits per heavy atom. The first-order valence-corrected chi connectivity index (χ1v) is 7.67. The minimum Gasteiger partial charge on any atom is -0.497 e. The van der Waals surface area contributed by atoms with Crippen LogP contribution < -0.4 is 19.5 Å². The van der Waals surface area contributed by atoms with Gasteiger partial charge in [0.25, 0.3) is 5.91 Å². The summed E-state index contributed by atoms with van der Waals surface area (Å²) in [5.74, 6) is -1.01. The molecule has 0 saturated heterocycles. The van der Waals surface area contributed by atoms with Crippen molar-refractivity contribution < 1.29 is 37.3 Å². The van der Waals surface area contributed by atoms with Gasteiger partial charge in [-0.05, 0) is 24.3 Å². The molecule has 2 rings (SSSR count). The van der Waals surface area contributed by atoms with Crippen molar-refractivity contribution in [2.45, 2.75) is 6.61 Å². The highest BCUT2D eigenvalue weighted by Gasteiger charge is 2.17. The number of nitrogens with one attached hydrogen (secondary N) is 1. The normalized spacial score (nSPS) is 10.3. The Balaban J connectivity index is 1.99. The van der Waals surface area contributed by atoms with Gasteiger partial charge in [0.2, 0.25) is 0 Å². The number of anilines is 1. The van der Waals surface area contributed by atoms with Crippen molar-refractivity contribution in [2.75, 3.05) is 26.1 Å². The topological polar surface area (TPSA) is 83.1 Å². The Morgan fingerprint density at radius 3 is 2.44 bits per heavy atom. The lowest BCUT2D eigenvalue weighted by Crippen LogP contribution is -2.21. The zero-order valence-corrected chi connectivity index (χ0v) is 14.5. The molecule has 2 aromatic carbocycles. The Labute approximate surface area is 153 Å². The van der Waals surface area contributed by atoms with E-state index in [-0.39, 0.29) is 22.7 Å². The van der Waals surface area contributed by atoms with Crippen LogP contribution in [0.15, 0.2) is 42.5 Å². The number of benzene rings is 2. The van der Waals surface area contributed by atoms with Gasteiger partial charge in [0.15, 0.2) is 6.61 Å². The van der Waals surface area contributed by atoms with Crippen LogP contribution in [0.25, 0.3) is 0 Å². The van der Waals surface area contributed by atoms with Gasteiger partial charge in [-0.15, -0.1) is 0 Å². The quantitative estimate of drug-likeness (QED) is 0.708. The molecular weight excluding hydrogens is 364 g/mol. The van der Waals surface area contributed by atoms with E-state index in [4.69, 9.17) is 14.2 Å². The fraction of sp³-hybridized carbons (Fsp3) is 0.222. The SMILES string of the molecule is COc1ccc(C(=O)OCC(=O)Nc2ccccc2OC(F)F)c(OC)c1. The summed E-state index contributed by atoms with van der Waals surface area (Å²) in [7, 11) is 2.84. The number of halogens is 2. The number of carbonyl (C=O) groups excluding carboxylic acids is 2. The molecule has 0 atom stereocenters. The number of hydrogen-bond acceptors (Lipinski definition) is 6. The summed E-state index contributed by atoms with van der Waals surface area (Å²) < 4.78 is 44.1. The molecule has 0 aliphatic rings. The van der Waals surface area contributed by atoms with Crippen molar-refractivity contribution in [3.8, 4) is 17.2 Å². The summed E-state index contributed by atoms with van der Waals surface area (Å²) in [6.45, 7) is -3.67. The number of carbonyl (C=O) groups is 2. The third-order valence-electron chi connectivity index (χ3n) is 3.34. The van der Waals surface area contributed by atoms with Gasteiger partial charge < -0.3 is 24.3 Å². The fourth-order valence-corrected chi connectivity index (χ4v) is 2.13. The molecule has 1 N–H and O–H groups in total. The predicted molar refractivity (Wildman–Crippen MR) is 91.5 cm³/mol. The van der Waals surface area contributed by atoms with Gasteiger partial charge in [-0.1, -0.05) is 12.1 Å². The van der Waals surface area contributed by atoms with Crippen LogP contribution >= 0.6 is 0 Å². The molecule has 0 unspecified atom stereocenters. The van der Waals surface area contributed by atoms with Gasteiger partial charge in [-0.3, -0.25) is 4.79 Å². The third-order valence-corrected chi connectivity index (χ3v) is 3.34. The summed E-state index contributed by atoms with van der Waals surface area (Å²) in [5.41, 5.74) is 0.133. The molecule has 0 aliphatic carbocycles. The van der Waals surface area contributed by atoms with Crippen LogP contribution in [0.4, 0.5) is 14.5 Å². The second-order valence-corrected chi connectivity index (χ2v) is 5.07. The minimum absolute atomic E-state index is 0.0286. The first-order valence-electron chi connectivity index (χ1n) is 7.67. The van der Waals surface area contributed by atoms with Crippen molar-refractivity contribution in [1.29, 1.82) is 0 Å². The Morgan fingerprint density at radius 2 is 1.78 bits per heavy atom. The largest absolute Gasteiger partial charge is 0.497 e. The molecule has 2 aromatic rings. The van der Waals surface area contributed by atoms with Crippen molar-refractivity contribution in [1.82, 2.24) is 0 Å². The lowest BCUT2D eigenvalue weighted by atomic mass is 10.2. The van der Waals surface area contributed by atoms with Gasteiger partial charge in [0.05, 0.1) is 19.9 Å². The number of hydrogen-bond donors (Lipinski definition) is 1. The van der Waals surface area contributed by atoms with Crippen molar-refractivity contribution in [3.63, 3.8) is 0 Å². The van der Waals surface area contributed by atoms with Crippen LogP contribution in [0.5, 0.6) is 17.2 Å². The van der Waals surface area contributed by atoms with Crippen molar-refractivity contribution >= 4 is 17.6 Å². The third kappa shape index (κ3) is 5.56. The molecule has 7 nitrogen and oxygen atoms in total. The van der Waals surface area contributed by atoms with Gasteiger partial charge in [-0.2, -0.15) is 8.78 Å². The van der Waals surface area contributed by atoms with E-state index in [1.54, 1.807) is 0 Å². The van der Waals surface area contributed by atoms with Gasteiger partial charge in [0, 0.05) is 6.07 Å². The average Bonchev–Trinajstić information content (AvgIpc) is 2.66. The Bertz CT molecular complexity index is 812.